The maximum Gasteiger partial charge on any atom is 0.277 e. The molecule has 152 valence electrons. The lowest BCUT2D eigenvalue weighted by molar-refractivity contribution is 0.101. The average molecular weight is 416 g/mol. The molecule has 0 atom stereocenters. The maximum atomic E-state index is 12.9. The van der Waals surface area contributed by atoms with Crippen LogP contribution >= 0.6 is 0 Å². The second-order valence-electron chi connectivity index (χ2n) is 6.74. The highest BCUT2D eigenvalue weighted by Crippen LogP contribution is 2.23. The summed E-state index contributed by atoms with van der Waals surface area (Å²) in [6, 6.07) is 11.0. The van der Waals surface area contributed by atoms with E-state index in [2.05, 4.69) is 15.4 Å². The fourth-order valence-corrected chi connectivity index (χ4v) is 4.49. The summed E-state index contributed by atoms with van der Waals surface area (Å²) in [4.78, 5) is 14.7. The van der Waals surface area contributed by atoms with Crippen molar-refractivity contribution in [3.8, 4) is 11.5 Å². The second kappa shape index (κ2) is 7.82. The summed E-state index contributed by atoms with van der Waals surface area (Å²) < 4.78 is 37.6. The van der Waals surface area contributed by atoms with Gasteiger partial charge >= 0.3 is 0 Å². The van der Waals surface area contributed by atoms with Gasteiger partial charge in [-0.1, -0.05) is 11.2 Å². The lowest BCUT2D eigenvalue weighted by Gasteiger charge is -2.31. The zero-order valence-corrected chi connectivity index (χ0v) is 16.6. The molecule has 1 aliphatic rings. The maximum absolute atomic E-state index is 12.9. The number of rotatable bonds is 5. The summed E-state index contributed by atoms with van der Waals surface area (Å²) in [5, 5.41) is 6.40. The molecule has 1 aromatic carbocycles. The molecule has 1 aliphatic heterocycles. The highest BCUT2D eigenvalue weighted by Gasteiger charge is 2.27. The standard InChI is InChI=1S/C19H20N4O5S/c1-22-7-9-23(10-8-22)29(25,26)15-5-2-4-14(12-15)20-19(24)16-13-18(28-21-16)17-6-3-11-27-17/h2-6,11-13H,7-10H2,1H3,(H,20,24). The molecule has 0 radical (unpaired) electrons. The summed E-state index contributed by atoms with van der Waals surface area (Å²) in [7, 11) is -1.67. The van der Waals surface area contributed by atoms with E-state index in [0.29, 0.717) is 43.4 Å². The molecule has 9 nitrogen and oxygen atoms in total. The predicted octanol–water partition coefficient (Wildman–Crippen LogP) is 2.12. The number of furan rings is 1. The highest BCUT2D eigenvalue weighted by molar-refractivity contribution is 7.89. The molecule has 3 heterocycles. The van der Waals surface area contributed by atoms with Gasteiger partial charge in [0, 0.05) is 37.9 Å². The van der Waals surface area contributed by atoms with E-state index in [1.807, 2.05) is 7.05 Å². The van der Waals surface area contributed by atoms with Gasteiger partial charge in [0.1, 0.15) is 0 Å². The Balaban J connectivity index is 1.49. The van der Waals surface area contributed by atoms with E-state index in [9.17, 15) is 13.2 Å². The van der Waals surface area contributed by atoms with E-state index in [1.165, 1.54) is 28.8 Å². The summed E-state index contributed by atoms with van der Waals surface area (Å²) in [6.07, 6.45) is 1.49. The Hall–Kier alpha value is -2.95. The number of anilines is 1. The molecule has 1 saturated heterocycles. The third-order valence-corrected chi connectivity index (χ3v) is 6.59. The minimum Gasteiger partial charge on any atom is -0.461 e. The number of likely N-dealkylation sites (N-methyl/N-ethyl adjacent to an activating group) is 1. The topological polar surface area (TPSA) is 109 Å². The van der Waals surface area contributed by atoms with Gasteiger partial charge < -0.3 is 19.2 Å². The quantitative estimate of drug-likeness (QED) is 0.678. The van der Waals surface area contributed by atoms with Crippen molar-refractivity contribution in [3.05, 3.63) is 54.4 Å². The lowest BCUT2D eigenvalue weighted by Crippen LogP contribution is -2.47. The Kier molecular flexibility index (Phi) is 5.22. The van der Waals surface area contributed by atoms with Crippen LogP contribution in [0.5, 0.6) is 0 Å². The number of nitrogens with zero attached hydrogens (tertiary/aromatic N) is 3. The van der Waals surface area contributed by atoms with Gasteiger partial charge in [-0.3, -0.25) is 4.79 Å². The first-order valence-electron chi connectivity index (χ1n) is 9.04. The van der Waals surface area contributed by atoms with Crippen molar-refractivity contribution in [1.29, 1.82) is 0 Å². The van der Waals surface area contributed by atoms with Crippen LogP contribution in [-0.2, 0) is 10.0 Å². The van der Waals surface area contributed by atoms with Gasteiger partial charge in [-0.2, -0.15) is 4.31 Å². The fourth-order valence-electron chi connectivity index (χ4n) is 3.02. The van der Waals surface area contributed by atoms with Crippen LogP contribution in [0.15, 0.2) is 62.6 Å². The van der Waals surface area contributed by atoms with Crippen LogP contribution in [0, 0.1) is 0 Å². The van der Waals surface area contributed by atoms with Crippen LogP contribution < -0.4 is 5.32 Å². The van der Waals surface area contributed by atoms with Crippen molar-refractivity contribution in [2.45, 2.75) is 4.90 Å². The van der Waals surface area contributed by atoms with Gasteiger partial charge in [-0.25, -0.2) is 8.42 Å². The van der Waals surface area contributed by atoms with Crippen molar-refractivity contribution < 1.29 is 22.2 Å². The molecule has 0 aliphatic carbocycles. The van der Waals surface area contributed by atoms with Crippen LogP contribution in [0.3, 0.4) is 0 Å². The first-order valence-corrected chi connectivity index (χ1v) is 10.5. The molecule has 2 aromatic heterocycles. The molecule has 4 rings (SSSR count). The molecule has 0 bridgehead atoms. The molecular weight excluding hydrogens is 396 g/mol. The van der Waals surface area contributed by atoms with Gasteiger partial charge in [0.2, 0.25) is 15.8 Å². The van der Waals surface area contributed by atoms with Gasteiger partial charge in [0.05, 0.1) is 11.2 Å². The molecule has 1 N–H and O–H groups in total. The van der Waals surface area contributed by atoms with E-state index >= 15 is 0 Å². The van der Waals surface area contributed by atoms with E-state index in [0.717, 1.165) is 0 Å². The lowest BCUT2D eigenvalue weighted by atomic mass is 10.3. The number of amides is 1. The monoisotopic (exact) mass is 416 g/mol. The molecule has 10 heteroatoms. The van der Waals surface area contributed by atoms with Crippen LogP contribution in [0.2, 0.25) is 0 Å². The number of aromatic nitrogens is 1. The molecule has 3 aromatic rings. The van der Waals surface area contributed by atoms with Crippen molar-refractivity contribution in [2.24, 2.45) is 0 Å². The smallest absolute Gasteiger partial charge is 0.277 e. The molecular formula is C19H20N4O5S. The van der Waals surface area contributed by atoms with E-state index in [-0.39, 0.29) is 10.6 Å². The fraction of sp³-hybridized carbons (Fsp3) is 0.263. The minimum atomic E-state index is -3.63. The molecule has 1 amide bonds. The third kappa shape index (κ3) is 4.09. The van der Waals surface area contributed by atoms with Crippen molar-refractivity contribution in [1.82, 2.24) is 14.4 Å². The third-order valence-electron chi connectivity index (χ3n) is 4.70. The van der Waals surface area contributed by atoms with E-state index in [1.54, 1.807) is 24.3 Å². The van der Waals surface area contributed by atoms with Crippen LogP contribution in [0.1, 0.15) is 10.5 Å². The Morgan fingerprint density at radius 1 is 1.07 bits per heavy atom. The second-order valence-corrected chi connectivity index (χ2v) is 8.68. The summed E-state index contributed by atoms with van der Waals surface area (Å²) in [5.74, 6) is 0.268. The van der Waals surface area contributed by atoms with Gasteiger partial charge in [-0.05, 0) is 37.4 Å². The van der Waals surface area contributed by atoms with Gasteiger partial charge in [0.25, 0.3) is 5.91 Å². The Morgan fingerprint density at radius 2 is 1.86 bits per heavy atom. The molecule has 29 heavy (non-hydrogen) atoms. The largest absolute Gasteiger partial charge is 0.461 e. The van der Waals surface area contributed by atoms with Gasteiger partial charge in [0.15, 0.2) is 11.5 Å². The van der Waals surface area contributed by atoms with Crippen molar-refractivity contribution in [3.63, 3.8) is 0 Å². The zero-order valence-electron chi connectivity index (χ0n) is 15.7. The number of carbonyl (C=O) groups excluding carboxylic acids is 1. The molecule has 1 fully saturated rings. The average Bonchev–Trinajstić information content (AvgIpc) is 3.40. The molecule has 0 spiro atoms. The first-order chi connectivity index (χ1) is 13.9. The number of piperazine rings is 1. The van der Waals surface area contributed by atoms with E-state index < -0.39 is 15.9 Å². The van der Waals surface area contributed by atoms with Crippen LogP contribution in [0.25, 0.3) is 11.5 Å². The number of hydrogen-bond donors (Lipinski definition) is 1. The zero-order chi connectivity index (χ0) is 20.4. The van der Waals surface area contributed by atoms with Crippen LogP contribution in [0.4, 0.5) is 5.69 Å². The SMILES string of the molecule is CN1CCN(S(=O)(=O)c2cccc(NC(=O)c3cc(-c4ccco4)on3)c2)CC1. The molecule has 0 saturated carbocycles. The van der Waals surface area contributed by atoms with Crippen LogP contribution in [-0.4, -0.2) is 61.9 Å². The minimum absolute atomic E-state index is 0.0590. The summed E-state index contributed by atoms with van der Waals surface area (Å²) in [5.41, 5.74) is 0.413. The van der Waals surface area contributed by atoms with Gasteiger partial charge in [-0.15, -0.1) is 0 Å². The van der Waals surface area contributed by atoms with E-state index in [4.69, 9.17) is 8.94 Å². The first kappa shape index (κ1) is 19.4. The normalized spacial score (nSPS) is 16.0. The molecule has 0 unspecified atom stereocenters. The number of nitrogens with one attached hydrogen (secondary N) is 1. The number of carbonyl (C=O) groups is 1. The Morgan fingerprint density at radius 3 is 2.59 bits per heavy atom. The number of hydrogen-bond acceptors (Lipinski definition) is 7. The summed E-state index contributed by atoms with van der Waals surface area (Å²) >= 11 is 0. The Labute approximate surface area is 167 Å². The van der Waals surface area contributed by atoms with Crippen molar-refractivity contribution in [2.75, 3.05) is 38.5 Å². The number of benzene rings is 1. The summed E-state index contributed by atoms with van der Waals surface area (Å²) in [6.45, 7) is 2.23. The highest BCUT2D eigenvalue weighted by atomic mass is 32.2. The Bertz CT molecular complexity index is 1100. The number of sulfonamides is 1. The van der Waals surface area contributed by atoms with Crippen molar-refractivity contribution >= 4 is 21.6 Å². The predicted molar refractivity (Wildman–Crippen MR) is 105 cm³/mol.